The molecule has 0 aromatic heterocycles. The van der Waals surface area contributed by atoms with Crippen LogP contribution in [0.15, 0.2) is 78.9 Å². The van der Waals surface area contributed by atoms with Gasteiger partial charge in [-0.25, -0.2) is 8.42 Å². The lowest BCUT2D eigenvalue weighted by Gasteiger charge is -2.13. The minimum atomic E-state index is -3.42. The fourth-order valence-electron chi connectivity index (χ4n) is 3.03. The second-order valence-electron chi connectivity index (χ2n) is 7.07. The van der Waals surface area contributed by atoms with Gasteiger partial charge in [-0.3, -0.25) is 9.52 Å². The van der Waals surface area contributed by atoms with Gasteiger partial charge in [0.2, 0.25) is 10.0 Å². The van der Waals surface area contributed by atoms with E-state index in [0.29, 0.717) is 30.0 Å². The van der Waals surface area contributed by atoms with Crippen LogP contribution in [0.5, 0.6) is 5.75 Å². The molecule has 6 nitrogen and oxygen atoms in total. The summed E-state index contributed by atoms with van der Waals surface area (Å²) in [4.78, 5) is 12.6. The average Bonchev–Trinajstić information content (AvgIpc) is 2.77. The number of hydrogen-bond acceptors (Lipinski definition) is 4. The highest BCUT2D eigenvalue weighted by atomic mass is 32.2. The van der Waals surface area contributed by atoms with E-state index in [1.165, 1.54) is 6.07 Å². The highest BCUT2D eigenvalue weighted by molar-refractivity contribution is 7.92. The molecule has 0 aliphatic carbocycles. The van der Waals surface area contributed by atoms with Gasteiger partial charge < -0.3 is 10.1 Å². The molecule has 0 saturated heterocycles. The first kappa shape index (κ1) is 22.4. The quantitative estimate of drug-likeness (QED) is 0.493. The molecule has 0 unspecified atom stereocenters. The lowest BCUT2D eigenvalue weighted by Crippen LogP contribution is -2.23. The van der Waals surface area contributed by atoms with Gasteiger partial charge in [-0.15, -0.1) is 0 Å². The summed E-state index contributed by atoms with van der Waals surface area (Å²) in [5, 5.41) is 2.87. The molecule has 0 bridgehead atoms. The van der Waals surface area contributed by atoms with Crippen molar-refractivity contribution in [2.75, 3.05) is 10.5 Å². The number of hydrogen-bond donors (Lipinski definition) is 2. The molecule has 1 amide bonds. The monoisotopic (exact) mass is 438 g/mol. The molecule has 31 heavy (non-hydrogen) atoms. The Balaban J connectivity index is 1.63. The molecule has 3 aromatic rings. The summed E-state index contributed by atoms with van der Waals surface area (Å²) < 4.78 is 32.4. The van der Waals surface area contributed by atoms with Crippen LogP contribution in [0.3, 0.4) is 0 Å². The first-order valence-corrected chi connectivity index (χ1v) is 11.8. The van der Waals surface area contributed by atoms with Crippen LogP contribution in [0.4, 0.5) is 5.69 Å². The topological polar surface area (TPSA) is 84.5 Å². The summed E-state index contributed by atoms with van der Waals surface area (Å²) in [6, 6.07) is 23.8. The number of anilines is 1. The molecular weight excluding hydrogens is 412 g/mol. The molecule has 0 aliphatic rings. The van der Waals surface area contributed by atoms with Crippen LogP contribution in [0, 0.1) is 0 Å². The van der Waals surface area contributed by atoms with Crippen molar-refractivity contribution in [2.24, 2.45) is 0 Å². The van der Waals surface area contributed by atoms with Gasteiger partial charge >= 0.3 is 0 Å². The Morgan fingerprint density at radius 1 is 0.935 bits per heavy atom. The number of amides is 1. The third-order valence-electron chi connectivity index (χ3n) is 4.52. The van der Waals surface area contributed by atoms with Gasteiger partial charge in [0.25, 0.3) is 5.91 Å². The van der Waals surface area contributed by atoms with Crippen LogP contribution in [-0.2, 0) is 23.2 Å². The summed E-state index contributed by atoms with van der Waals surface area (Å²) >= 11 is 0. The van der Waals surface area contributed by atoms with E-state index in [1.807, 2.05) is 54.6 Å². The summed E-state index contributed by atoms with van der Waals surface area (Å²) in [5.41, 5.74) is 2.65. The van der Waals surface area contributed by atoms with E-state index in [1.54, 1.807) is 25.1 Å². The maximum atomic E-state index is 12.6. The van der Waals surface area contributed by atoms with Crippen LogP contribution in [0.2, 0.25) is 0 Å². The van der Waals surface area contributed by atoms with Gasteiger partial charge in [0.1, 0.15) is 12.4 Å². The first-order chi connectivity index (χ1) is 15.0. The molecule has 0 radical (unpaired) electrons. The highest BCUT2D eigenvalue weighted by Gasteiger charge is 2.12. The van der Waals surface area contributed by atoms with Crippen molar-refractivity contribution in [3.05, 3.63) is 95.6 Å². The Bertz CT molecular complexity index is 1120. The number of benzene rings is 3. The number of ether oxygens (including phenoxy) is 1. The lowest BCUT2D eigenvalue weighted by molar-refractivity contribution is 0.0950. The third kappa shape index (κ3) is 6.86. The van der Waals surface area contributed by atoms with Crippen LogP contribution in [-0.4, -0.2) is 20.1 Å². The zero-order chi connectivity index (χ0) is 22.1. The van der Waals surface area contributed by atoms with E-state index in [4.69, 9.17) is 4.74 Å². The number of sulfonamides is 1. The standard InChI is InChI=1S/C24H26N2O4S/c1-2-15-31(28,29)26-22-13-8-12-20(16-22)24(27)25-17-21-11-6-7-14-23(21)30-18-19-9-4-3-5-10-19/h3-14,16,26H,2,15,17-18H2,1H3,(H,25,27). The zero-order valence-electron chi connectivity index (χ0n) is 17.4. The van der Waals surface area contributed by atoms with Crippen molar-refractivity contribution in [3.8, 4) is 5.75 Å². The van der Waals surface area contributed by atoms with E-state index in [9.17, 15) is 13.2 Å². The van der Waals surface area contributed by atoms with E-state index < -0.39 is 10.0 Å². The van der Waals surface area contributed by atoms with Gasteiger partial charge in [-0.1, -0.05) is 61.5 Å². The molecule has 0 heterocycles. The molecule has 0 aliphatic heterocycles. The van der Waals surface area contributed by atoms with E-state index >= 15 is 0 Å². The summed E-state index contributed by atoms with van der Waals surface area (Å²) in [6.07, 6.45) is 0.515. The second-order valence-corrected chi connectivity index (χ2v) is 8.91. The van der Waals surface area contributed by atoms with Crippen molar-refractivity contribution in [1.82, 2.24) is 5.32 Å². The predicted octanol–water partition coefficient (Wildman–Crippen LogP) is 4.35. The maximum Gasteiger partial charge on any atom is 0.251 e. The molecule has 162 valence electrons. The molecular formula is C24H26N2O4S. The van der Waals surface area contributed by atoms with Crippen LogP contribution in [0.1, 0.15) is 34.8 Å². The van der Waals surface area contributed by atoms with E-state index in [2.05, 4.69) is 10.0 Å². The van der Waals surface area contributed by atoms with Crippen LogP contribution in [0.25, 0.3) is 0 Å². The van der Waals surface area contributed by atoms with Crippen molar-refractivity contribution < 1.29 is 17.9 Å². The minimum absolute atomic E-state index is 0.0309. The van der Waals surface area contributed by atoms with Gasteiger partial charge in [-0.2, -0.15) is 0 Å². The third-order valence-corrected chi connectivity index (χ3v) is 6.01. The van der Waals surface area contributed by atoms with E-state index in [-0.39, 0.29) is 18.2 Å². The fourth-order valence-corrected chi connectivity index (χ4v) is 4.15. The molecule has 0 fully saturated rings. The number of para-hydroxylation sites is 1. The Labute approximate surface area is 183 Å². The van der Waals surface area contributed by atoms with Crippen molar-refractivity contribution in [2.45, 2.75) is 26.5 Å². The molecule has 0 atom stereocenters. The Hall–Kier alpha value is -3.32. The number of rotatable bonds is 10. The van der Waals surface area contributed by atoms with Gasteiger partial charge in [0.15, 0.2) is 0 Å². The Morgan fingerprint density at radius 3 is 2.45 bits per heavy atom. The first-order valence-electron chi connectivity index (χ1n) is 10.1. The molecule has 0 saturated carbocycles. The van der Waals surface area contributed by atoms with Gasteiger partial charge in [0, 0.05) is 23.4 Å². The molecule has 3 aromatic carbocycles. The molecule has 3 rings (SSSR count). The van der Waals surface area contributed by atoms with Crippen molar-refractivity contribution in [1.29, 1.82) is 0 Å². The number of nitrogens with one attached hydrogen (secondary N) is 2. The van der Waals surface area contributed by atoms with Crippen LogP contribution < -0.4 is 14.8 Å². The average molecular weight is 439 g/mol. The molecule has 7 heteroatoms. The Morgan fingerprint density at radius 2 is 1.68 bits per heavy atom. The SMILES string of the molecule is CCCS(=O)(=O)Nc1cccc(C(=O)NCc2ccccc2OCc2ccccc2)c1. The van der Waals surface area contributed by atoms with Crippen molar-refractivity contribution in [3.63, 3.8) is 0 Å². The normalized spacial score (nSPS) is 11.0. The summed E-state index contributed by atoms with van der Waals surface area (Å²) in [7, 11) is -3.42. The molecule has 2 N–H and O–H groups in total. The predicted molar refractivity (Wildman–Crippen MR) is 123 cm³/mol. The lowest BCUT2D eigenvalue weighted by atomic mass is 10.1. The smallest absolute Gasteiger partial charge is 0.251 e. The largest absolute Gasteiger partial charge is 0.489 e. The summed E-state index contributed by atoms with van der Waals surface area (Å²) in [5.74, 6) is 0.436. The fraction of sp³-hybridized carbons (Fsp3) is 0.208. The summed E-state index contributed by atoms with van der Waals surface area (Å²) in [6.45, 7) is 2.52. The maximum absolute atomic E-state index is 12.6. The second kappa shape index (κ2) is 10.6. The highest BCUT2D eigenvalue weighted by Crippen LogP contribution is 2.20. The van der Waals surface area contributed by atoms with Gasteiger partial charge in [-0.05, 0) is 36.2 Å². The van der Waals surface area contributed by atoms with E-state index in [0.717, 1.165) is 11.1 Å². The van der Waals surface area contributed by atoms with Crippen LogP contribution >= 0.6 is 0 Å². The number of carbonyl (C=O) groups excluding carboxylic acids is 1. The minimum Gasteiger partial charge on any atom is -0.489 e. The zero-order valence-corrected chi connectivity index (χ0v) is 18.2. The van der Waals surface area contributed by atoms with Crippen molar-refractivity contribution >= 4 is 21.6 Å². The van der Waals surface area contributed by atoms with Gasteiger partial charge in [0.05, 0.1) is 5.75 Å². The number of carbonyl (C=O) groups is 1. The Kier molecular flexibility index (Phi) is 7.67. The molecule has 0 spiro atoms.